The van der Waals surface area contributed by atoms with Gasteiger partial charge in [-0.25, -0.2) is 0 Å². The van der Waals surface area contributed by atoms with Crippen LogP contribution in [0.3, 0.4) is 0 Å². The summed E-state index contributed by atoms with van der Waals surface area (Å²) in [6, 6.07) is 20.3. The van der Waals surface area contributed by atoms with Crippen molar-refractivity contribution < 1.29 is 14.3 Å². The molecule has 1 unspecified atom stereocenters. The van der Waals surface area contributed by atoms with E-state index in [1.54, 1.807) is 79.7 Å². The molecule has 0 saturated carbocycles. The van der Waals surface area contributed by atoms with Gasteiger partial charge in [0.15, 0.2) is 6.10 Å². The molecule has 0 spiro atoms. The summed E-state index contributed by atoms with van der Waals surface area (Å²) in [4.78, 5) is 24.6. The number of anilines is 2. The number of hydrogen-bond donors (Lipinski definition) is 2. The van der Waals surface area contributed by atoms with E-state index >= 15 is 0 Å². The smallest absolute Gasteiger partial charge is 0.265 e. The number of ether oxygens (including phenoxy) is 1. The van der Waals surface area contributed by atoms with Crippen molar-refractivity contribution in [1.82, 2.24) is 0 Å². The zero-order valence-corrected chi connectivity index (χ0v) is 17.0. The van der Waals surface area contributed by atoms with E-state index in [1.807, 2.05) is 0 Å². The van der Waals surface area contributed by atoms with E-state index in [2.05, 4.69) is 10.6 Å². The number of carbonyl (C=O) groups is 2. The maximum atomic E-state index is 12.4. The minimum Gasteiger partial charge on any atom is -0.481 e. The molecule has 0 heterocycles. The molecule has 0 saturated heterocycles. The normalized spacial score (nSPS) is 11.4. The van der Waals surface area contributed by atoms with Crippen LogP contribution in [-0.4, -0.2) is 17.9 Å². The van der Waals surface area contributed by atoms with Gasteiger partial charge in [0, 0.05) is 16.3 Å². The van der Waals surface area contributed by atoms with E-state index in [9.17, 15) is 9.59 Å². The number of amides is 2. The van der Waals surface area contributed by atoms with Gasteiger partial charge in [-0.15, -0.1) is 0 Å². The Balaban J connectivity index is 1.58. The van der Waals surface area contributed by atoms with Crippen LogP contribution in [0.25, 0.3) is 0 Å². The van der Waals surface area contributed by atoms with E-state index in [-0.39, 0.29) is 11.8 Å². The number of rotatable bonds is 6. The topological polar surface area (TPSA) is 67.4 Å². The van der Waals surface area contributed by atoms with Crippen LogP contribution in [0.5, 0.6) is 5.75 Å². The number of para-hydroxylation sites is 1. The molecular formula is C22H18Cl2N2O3. The number of halogens is 2. The van der Waals surface area contributed by atoms with Gasteiger partial charge in [-0.2, -0.15) is 0 Å². The first-order valence-corrected chi connectivity index (χ1v) is 9.57. The molecule has 5 nitrogen and oxygen atoms in total. The van der Waals surface area contributed by atoms with E-state index in [0.717, 1.165) is 0 Å². The minimum atomic E-state index is -0.728. The summed E-state index contributed by atoms with van der Waals surface area (Å²) in [6.07, 6.45) is -0.728. The highest BCUT2D eigenvalue weighted by molar-refractivity contribution is 6.33. The van der Waals surface area contributed by atoms with Crippen LogP contribution >= 0.6 is 23.2 Å². The molecule has 0 aliphatic rings. The van der Waals surface area contributed by atoms with E-state index < -0.39 is 6.10 Å². The summed E-state index contributed by atoms with van der Waals surface area (Å²) in [5.41, 5.74) is 1.60. The third kappa shape index (κ3) is 5.73. The summed E-state index contributed by atoms with van der Waals surface area (Å²) < 4.78 is 5.65. The Morgan fingerprint density at radius 1 is 0.862 bits per heavy atom. The zero-order valence-electron chi connectivity index (χ0n) is 15.5. The second kappa shape index (κ2) is 9.45. The summed E-state index contributed by atoms with van der Waals surface area (Å²) in [6.45, 7) is 1.64. The maximum Gasteiger partial charge on any atom is 0.265 e. The lowest BCUT2D eigenvalue weighted by atomic mass is 10.2. The summed E-state index contributed by atoms with van der Waals surface area (Å²) >= 11 is 11.9. The van der Waals surface area contributed by atoms with Crippen LogP contribution in [0.4, 0.5) is 11.4 Å². The lowest BCUT2D eigenvalue weighted by molar-refractivity contribution is -0.122. The summed E-state index contributed by atoms with van der Waals surface area (Å²) in [5, 5.41) is 6.55. The van der Waals surface area contributed by atoms with Crippen molar-refractivity contribution in [2.75, 3.05) is 10.6 Å². The second-order valence-electron chi connectivity index (χ2n) is 6.21. The van der Waals surface area contributed by atoms with Crippen molar-refractivity contribution >= 4 is 46.4 Å². The highest BCUT2D eigenvalue weighted by Gasteiger charge is 2.15. The quantitative estimate of drug-likeness (QED) is 0.532. The predicted octanol–water partition coefficient (Wildman–Crippen LogP) is 5.65. The monoisotopic (exact) mass is 428 g/mol. The maximum absolute atomic E-state index is 12.4. The van der Waals surface area contributed by atoms with Gasteiger partial charge in [0.05, 0.1) is 10.7 Å². The van der Waals surface area contributed by atoms with E-state index in [4.69, 9.17) is 27.9 Å². The minimum absolute atomic E-state index is 0.293. The van der Waals surface area contributed by atoms with Crippen LogP contribution < -0.4 is 15.4 Å². The van der Waals surface area contributed by atoms with Gasteiger partial charge in [0.1, 0.15) is 5.75 Å². The Morgan fingerprint density at radius 3 is 2.17 bits per heavy atom. The standard InChI is InChI=1S/C22H18Cl2N2O3/c1-14(21(27)25-17-10-8-16(23)9-11-17)29-18-12-6-15(7-13-18)22(28)26-20-5-3-2-4-19(20)24/h2-14H,1H3,(H,25,27)(H,26,28). The van der Waals surface area contributed by atoms with Gasteiger partial charge in [0.25, 0.3) is 11.8 Å². The number of hydrogen-bond acceptors (Lipinski definition) is 3. The number of nitrogens with one attached hydrogen (secondary N) is 2. The molecule has 3 aromatic rings. The fraction of sp³-hybridized carbons (Fsp3) is 0.0909. The Kier molecular flexibility index (Phi) is 6.75. The first-order chi connectivity index (χ1) is 13.9. The average molecular weight is 429 g/mol. The predicted molar refractivity (Wildman–Crippen MR) is 116 cm³/mol. The molecule has 148 valence electrons. The van der Waals surface area contributed by atoms with Crippen LogP contribution in [0.2, 0.25) is 10.0 Å². The molecule has 0 aliphatic heterocycles. The molecule has 7 heteroatoms. The van der Waals surface area contributed by atoms with Gasteiger partial charge in [-0.05, 0) is 67.6 Å². The second-order valence-corrected chi connectivity index (χ2v) is 7.06. The zero-order chi connectivity index (χ0) is 20.8. The van der Waals surface area contributed by atoms with Crippen LogP contribution in [-0.2, 0) is 4.79 Å². The molecular weight excluding hydrogens is 411 g/mol. The molecule has 0 fully saturated rings. The van der Waals surface area contributed by atoms with Crippen LogP contribution in [0.1, 0.15) is 17.3 Å². The SMILES string of the molecule is CC(Oc1ccc(C(=O)Nc2ccccc2Cl)cc1)C(=O)Nc1ccc(Cl)cc1. The Hall–Kier alpha value is -3.02. The molecule has 0 bridgehead atoms. The van der Waals surface area contributed by atoms with Crippen LogP contribution in [0, 0.1) is 0 Å². The highest BCUT2D eigenvalue weighted by Crippen LogP contribution is 2.22. The highest BCUT2D eigenvalue weighted by atomic mass is 35.5. The average Bonchev–Trinajstić information content (AvgIpc) is 2.72. The van der Waals surface area contributed by atoms with Gasteiger partial charge < -0.3 is 15.4 Å². The molecule has 2 N–H and O–H groups in total. The van der Waals surface area contributed by atoms with Gasteiger partial charge in [-0.1, -0.05) is 35.3 Å². The lowest BCUT2D eigenvalue weighted by Crippen LogP contribution is -2.30. The van der Waals surface area contributed by atoms with Crippen molar-refractivity contribution in [2.24, 2.45) is 0 Å². The summed E-state index contributed by atoms with van der Waals surface area (Å²) in [7, 11) is 0. The third-order valence-electron chi connectivity index (χ3n) is 4.03. The van der Waals surface area contributed by atoms with Crippen molar-refractivity contribution in [1.29, 1.82) is 0 Å². The van der Waals surface area contributed by atoms with E-state index in [1.165, 1.54) is 0 Å². The van der Waals surface area contributed by atoms with Gasteiger partial charge in [-0.3, -0.25) is 9.59 Å². The Labute approximate surface area is 178 Å². The molecule has 0 radical (unpaired) electrons. The largest absolute Gasteiger partial charge is 0.481 e. The Bertz CT molecular complexity index is 1010. The molecule has 2 amide bonds. The molecule has 3 aromatic carbocycles. The van der Waals surface area contributed by atoms with Gasteiger partial charge >= 0.3 is 0 Å². The molecule has 0 aliphatic carbocycles. The fourth-order valence-electron chi connectivity index (χ4n) is 2.48. The van der Waals surface area contributed by atoms with Crippen molar-refractivity contribution in [3.8, 4) is 5.75 Å². The first-order valence-electron chi connectivity index (χ1n) is 8.81. The Morgan fingerprint density at radius 2 is 1.52 bits per heavy atom. The molecule has 3 rings (SSSR count). The number of carbonyl (C=O) groups excluding carboxylic acids is 2. The number of benzene rings is 3. The van der Waals surface area contributed by atoms with Crippen molar-refractivity contribution in [3.05, 3.63) is 88.4 Å². The van der Waals surface area contributed by atoms with Gasteiger partial charge in [0.2, 0.25) is 0 Å². The van der Waals surface area contributed by atoms with Crippen molar-refractivity contribution in [3.63, 3.8) is 0 Å². The first kappa shape index (κ1) is 20.7. The third-order valence-corrected chi connectivity index (χ3v) is 4.61. The van der Waals surface area contributed by atoms with Crippen LogP contribution in [0.15, 0.2) is 72.8 Å². The lowest BCUT2D eigenvalue weighted by Gasteiger charge is -2.15. The molecule has 1 atom stereocenters. The molecule has 0 aromatic heterocycles. The van der Waals surface area contributed by atoms with E-state index in [0.29, 0.717) is 32.7 Å². The fourth-order valence-corrected chi connectivity index (χ4v) is 2.79. The van der Waals surface area contributed by atoms with Crippen molar-refractivity contribution in [2.45, 2.75) is 13.0 Å². The molecule has 29 heavy (non-hydrogen) atoms. The summed E-state index contributed by atoms with van der Waals surface area (Å²) in [5.74, 6) is -0.121.